The van der Waals surface area contributed by atoms with E-state index >= 15 is 0 Å². The molecular formula is C17H16Br2N2. The van der Waals surface area contributed by atoms with Crippen LogP contribution in [0.4, 0.5) is 0 Å². The van der Waals surface area contributed by atoms with E-state index in [-0.39, 0.29) is 0 Å². The van der Waals surface area contributed by atoms with Crippen molar-refractivity contribution in [2.75, 3.05) is 0 Å². The average Bonchev–Trinajstić information content (AvgIpc) is 2.34. The minimum Gasteiger partial charge on any atom is -0.361 e. The van der Waals surface area contributed by atoms with Crippen LogP contribution in [-0.2, 0) is 0 Å². The van der Waals surface area contributed by atoms with Crippen molar-refractivity contribution >= 4 is 37.6 Å². The van der Waals surface area contributed by atoms with Crippen molar-refractivity contribution in [1.29, 1.82) is 0 Å². The van der Waals surface area contributed by atoms with Gasteiger partial charge in [0.05, 0.1) is 11.1 Å². The zero-order valence-corrected chi connectivity index (χ0v) is 15.6. The molecule has 0 aliphatic carbocycles. The van der Waals surface area contributed by atoms with E-state index in [0.717, 1.165) is 42.3 Å². The molecule has 0 unspecified atom stereocenters. The van der Waals surface area contributed by atoms with Crippen molar-refractivity contribution in [3.8, 4) is 0 Å². The van der Waals surface area contributed by atoms with Gasteiger partial charge in [0.2, 0.25) is 0 Å². The molecule has 0 fully saturated rings. The van der Waals surface area contributed by atoms with Gasteiger partial charge in [0.1, 0.15) is 0 Å². The van der Waals surface area contributed by atoms with Crippen LogP contribution in [0, 0.1) is 27.7 Å². The van der Waals surface area contributed by atoms with E-state index < -0.39 is 0 Å². The molecule has 108 valence electrons. The van der Waals surface area contributed by atoms with E-state index in [4.69, 9.17) is 0 Å². The fourth-order valence-electron chi connectivity index (χ4n) is 2.79. The summed E-state index contributed by atoms with van der Waals surface area (Å²) in [4.78, 5) is 3.62. The van der Waals surface area contributed by atoms with Gasteiger partial charge in [-0.05, 0) is 74.2 Å². The fraction of sp³-hybridized carbons (Fsp3) is 0.235. The van der Waals surface area contributed by atoms with E-state index in [1.165, 1.54) is 0 Å². The van der Waals surface area contributed by atoms with Crippen LogP contribution in [0.2, 0.25) is 0 Å². The van der Waals surface area contributed by atoms with Gasteiger partial charge >= 0.3 is 5.71 Å². The van der Waals surface area contributed by atoms with Crippen LogP contribution in [0.1, 0.15) is 33.4 Å². The molecule has 0 amide bonds. The zero-order chi connectivity index (χ0) is 15.7. The van der Waals surface area contributed by atoms with Gasteiger partial charge in [-0.1, -0.05) is 31.9 Å². The van der Waals surface area contributed by atoms with E-state index in [0.29, 0.717) is 5.71 Å². The summed E-state index contributed by atoms with van der Waals surface area (Å²) in [5.74, 6) is 0. The smallest absolute Gasteiger partial charge is 0.330 e. The summed E-state index contributed by atoms with van der Waals surface area (Å²) in [6.45, 7) is 8.12. The Bertz CT molecular complexity index is 667. The Hall–Kier alpha value is -1.22. The van der Waals surface area contributed by atoms with Gasteiger partial charge in [-0.15, -0.1) is 0 Å². The van der Waals surface area contributed by atoms with E-state index in [1.807, 2.05) is 52.0 Å². The van der Waals surface area contributed by atoms with Crippen molar-refractivity contribution in [2.24, 2.45) is 0 Å². The summed E-state index contributed by atoms with van der Waals surface area (Å²) in [5, 5.41) is 0. The van der Waals surface area contributed by atoms with Gasteiger partial charge in [-0.2, -0.15) is 4.79 Å². The molecule has 21 heavy (non-hydrogen) atoms. The summed E-state index contributed by atoms with van der Waals surface area (Å²) in [6, 6.07) is 8.15. The van der Waals surface area contributed by atoms with Crippen LogP contribution in [0.15, 0.2) is 33.2 Å². The zero-order valence-electron chi connectivity index (χ0n) is 12.5. The molecule has 2 nitrogen and oxygen atoms in total. The number of benzene rings is 2. The van der Waals surface area contributed by atoms with E-state index in [9.17, 15) is 5.53 Å². The highest BCUT2D eigenvalue weighted by Crippen LogP contribution is 2.27. The van der Waals surface area contributed by atoms with Crippen molar-refractivity contribution < 1.29 is 4.79 Å². The summed E-state index contributed by atoms with van der Waals surface area (Å²) in [7, 11) is 0. The molecule has 0 aromatic heterocycles. The Balaban J connectivity index is 2.77. The number of nitrogens with zero attached hydrogens (tertiary/aromatic N) is 2. The lowest BCUT2D eigenvalue weighted by atomic mass is 9.89. The summed E-state index contributed by atoms with van der Waals surface area (Å²) in [5.41, 5.74) is 16.5. The number of aryl methyl sites for hydroxylation is 4. The van der Waals surface area contributed by atoms with Crippen molar-refractivity contribution in [3.63, 3.8) is 0 Å². The molecular weight excluding hydrogens is 392 g/mol. The van der Waals surface area contributed by atoms with Crippen LogP contribution in [-0.4, -0.2) is 10.5 Å². The van der Waals surface area contributed by atoms with Gasteiger partial charge in [-0.3, -0.25) is 0 Å². The summed E-state index contributed by atoms with van der Waals surface area (Å²) < 4.78 is 2.06. The Labute approximate surface area is 142 Å². The third-order valence-corrected chi connectivity index (χ3v) is 4.48. The van der Waals surface area contributed by atoms with Crippen molar-refractivity contribution in [2.45, 2.75) is 27.7 Å². The second-order valence-corrected chi connectivity index (χ2v) is 7.11. The Morgan fingerprint density at radius 3 is 1.29 bits per heavy atom. The van der Waals surface area contributed by atoms with Crippen LogP contribution < -0.4 is 0 Å². The lowest BCUT2D eigenvalue weighted by Gasteiger charge is -2.11. The molecule has 0 heterocycles. The molecule has 0 aliphatic rings. The quantitative estimate of drug-likeness (QED) is 0.357. The largest absolute Gasteiger partial charge is 0.361 e. The summed E-state index contributed by atoms with van der Waals surface area (Å²) >= 11 is 7.01. The number of rotatable bonds is 2. The average molecular weight is 408 g/mol. The molecule has 2 aromatic rings. The third kappa shape index (κ3) is 3.18. The highest BCUT2D eigenvalue weighted by Gasteiger charge is 2.24. The number of halogens is 2. The summed E-state index contributed by atoms with van der Waals surface area (Å²) in [6.07, 6.45) is 0. The van der Waals surface area contributed by atoms with Crippen LogP contribution >= 0.6 is 31.9 Å². The Kier molecular flexibility index (Phi) is 4.82. The monoisotopic (exact) mass is 406 g/mol. The van der Waals surface area contributed by atoms with Crippen LogP contribution in [0.25, 0.3) is 5.53 Å². The predicted octanol–water partition coefficient (Wildman–Crippen LogP) is 5.51. The molecule has 0 atom stereocenters. The van der Waals surface area contributed by atoms with Crippen LogP contribution in [0.3, 0.4) is 0 Å². The van der Waals surface area contributed by atoms with Crippen LogP contribution in [0.5, 0.6) is 0 Å². The molecule has 0 saturated heterocycles. The topological polar surface area (TPSA) is 36.4 Å². The SMILES string of the molecule is Cc1cc(Br)cc(C)c1C(=[N+]=[N-])c1c(C)cc(Br)cc1C. The lowest BCUT2D eigenvalue weighted by Crippen LogP contribution is -2.12. The Morgan fingerprint density at radius 1 is 0.762 bits per heavy atom. The Morgan fingerprint density at radius 2 is 1.05 bits per heavy atom. The van der Waals surface area contributed by atoms with Crippen molar-refractivity contribution in [1.82, 2.24) is 0 Å². The van der Waals surface area contributed by atoms with E-state index in [1.54, 1.807) is 0 Å². The maximum atomic E-state index is 9.63. The second kappa shape index (κ2) is 6.27. The maximum Gasteiger partial charge on any atom is 0.330 e. The third-order valence-electron chi connectivity index (χ3n) is 3.57. The number of hydrogen-bond acceptors (Lipinski definition) is 0. The molecule has 2 rings (SSSR count). The van der Waals surface area contributed by atoms with Gasteiger partial charge in [0.25, 0.3) is 0 Å². The highest BCUT2D eigenvalue weighted by atomic mass is 79.9. The lowest BCUT2D eigenvalue weighted by molar-refractivity contribution is -0.00295. The van der Waals surface area contributed by atoms with Crippen molar-refractivity contribution in [3.05, 3.63) is 72.1 Å². The molecule has 0 aliphatic heterocycles. The van der Waals surface area contributed by atoms with E-state index in [2.05, 4.69) is 36.6 Å². The highest BCUT2D eigenvalue weighted by molar-refractivity contribution is 9.10. The van der Waals surface area contributed by atoms with Gasteiger partial charge < -0.3 is 5.53 Å². The first kappa shape index (κ1) is 16.2. The maximum absolute atomic E-state index is 9.63. The molecule has 0 bridgehead atoms. The molecule has 2 aromatic carbocycles. The normalized spacial score (nSPS) is 10.4. The first-order chi connectivity index (χ1) is 9.85. The molecule has 0 spiro atoms. The minimum atomic E-state index is 0.625. The molecule has 4 heteroatoms. The second-order valence-electron chi connectivity index (χ2n) is 5.28. The predicted molar refractivity (Wildman–Crippen MR) is 94.1 cm³/mol. The number of hydrogen-bond donors (Lipinski definition) is 0. The molecule has 0 N–H and O–H groups in total. The first-order valence-corrected chi connectivity index (χ1v) is 8.20. The van der Waals surface area contributed by atoms with Gasteiger partial charge in [-0.25, -0.2) is 0 Å². The van der Waals surface area contributed by atoms with Gasteiger partial charge in [0, 0.05) is 8.95 Å². The molecule has 0 radical (unpaired) electrons. The fourth-order valence-corrected chi connectivity index (χ4v) is 4.17. The minimum absolute atomic E-state index is 0.625. The molecule has 0 saturated carbocycles. The van der Waals surface area contributed by atoms with Gasteiger partial charge in [0.15, 0.2) is 0 Å². The first-order valence-electron chi connectivity index (χ1n) is 6.61. The standard InChI is InChI=1S/C17H16Br2N2/c1-9-5-13(18)6-10(2)15(9)17(21-20)16-11(3)7-14(19)8-12(16)4/h5-8H,1-4H3.